The van der Waals surface area contributed by atoms with Crippen molar-refractivity contribution >= 4 is 75.8 Å². The topological polar surface area (TPSA) is 54.1 Å². The molecule has 0 saturated carbocycles. The minimum atomic E-state index is -1.91. The molecule has 0 saturated heterocycles. The summed E-state index contributed by atoms with van der Waals surface area (Å²) in [5.74, 6) is -0.0930. The van der Waals surface area contributed by atoms with Gasteiger partial charge in [-0.3, -0.25) is 0 Å². The zero-order chi connectivity index (χ0) is 60.5. The number of nitrogens with zero attached hydrogens (tertiary/aromatic N) is 4. The van der Waals surface area contributed by atoms with Gasteiger partial charge in [-0.2, -0.15) is 10.5 Å². The van der Waals surface area contributed by atoms with E-state index >= 15 is 0 Å². The van der Waals surface area contributed by atoms with E-state index in [9.17, 15) is 10.5 Å². The number of hydrogen-bond acceptors (Lipinski definition) is 4. The molecule has 424 valence electrons. The van der Waals surface area contributed by atoms with Crippen molar-refractivity contribution in [3.8, 4) is 56.6 Å². The summed E-state index contributed by atoms with van der Waals surface area (Å²) in [6, 6.07) is 71.6. The monoisotopic (exact) mass is 1180 g/mol. The molecule has 8 aromatic carbocycles. The molecule has 0 radical (unpaired) electrons. The summed E-state index contributed by atoms with van der Waals surface area (Å²) in [6.07, 6.45) is 18.8. The van der Waals surface area contributed by atoms with E-state index in [1.165, 1.54) is 87.6 Å². The molecule has 0 N–H and O–H groups in total. The molecule has 0 bridgehead atoms. The standard InChI is InChI=1S/C78H76N4Si4/c1-83(2,3)73-31-17-13-27-61(73)57-39-45-71(67(49-57)63-29-15-19-33-75(63)85(7,8)9)81(59-25-21-23-53(47-59)51-79)69-43-37-55-36-42-66-70(44-38-56-35-41-65(69)77(55)78(56)66)82(60-26-22-24-54(48-60)52-80)72-46-40-58(62-28-14-18-32-74(62)84(4,5)6)50-68(72)64-30-16-20-34-76(64)86(10,11)12/h13-50,69,78H,1-12H3. The quantitative estimate of drug-likeness (QED) is 0.102. The highest BCUT2D eigenvalue weighted by atomic mass is 28.3. The Morgan fingerprint density at radius 1 is 0.395 bits per heavy atom. The zero-order valence-electron chi connectivity index (χ0n) is 51.9. The molecule has 2 atom stereocenters. The van der Waals surface area contributed by atoms with Crippen LogP contribution in [0, 0.1) is 28.6 Å². The predicted octanol–water partition coefficient (Wildman–Crippen LogP) is 18.4. The normalized spacial score (nSPS) is 16.3. The van der Waals surface area contributed by atoms with Crippen LogP contribution in [0.5, 0.6) is 0 Å². The third-order valence-electron chi connectivity index (χ3n) is 17.6. The molecule has 8 heteroatoms. The van der Waals surface area contributed by atoms with Gasteiger partial charge in [0.2, 0.25) is 0 Å². The second-order valence-electron chi connectivity index (χ2n) is 27.6. The minimum absolute atomic E-state index is 0.0930. The van der Waals surface area contributed by atoms with Gasteiger partial charge >= 0.3 is 0 Å². The van der Waals surface area contributed by atoms with Crippen LogP contribution >= 0.6 is 0 Å². The fourth-order valence-electron chi connectivity index (χ4n) is 13.6. The Bertz CT molecular complexity index is 4390. The molecule has 0 fully saturated rings. The Balaban J connectivity index is 1.07. The van der Waals surface area contributed by atoms with E-state index in [1.807, 2.05) is 24.3 Å². The third-order valence-corrected chi connectivity index (χ3v) is 25.8. The van der Waals surface area contributed by atoms with Gasteiger partial charge in [-0.05, 0) is 128 Å². The summed E-state index contributed by atoms with van der Waals surface area (Å²) in [5, 5.41) is 26.9. The lowest BCUT2D eigenvalue weighted by Gasteiger charge is -2.44. The van der Waals surface area contributed by atoms with E-state index in [0.717, 1.165) is 34.0 Å². The summed E-state index contributed by atoms with van der Waals surface area (Å²) in [7, 11) is -7.34. The van der Waals surface area contributed by atoms with E-state index in [-0.39, 0.29) is 12.0 Å². The Morgan fingerprint density at radius 3 is 1.38 bits per heavy atom. The molecule has 2 unspecified atom stereocenters. The number of nitriles is 2. The van der Waals surface area contributed by atoms with Crippen LogP contribution in [-0.4, -0.2) is 38.3 Å². The summed E-state index contributed by atoms with van der Waals surface area (Å²) in [4.78, 5) is 4.96. The largest absolute Gasteiger partial charge is 0.330 e. The first-order chi connectivity index (χ1) is 41.1. The maximum atomic E-state index is 10.6. The summed E-state index contributed by atoms with van der Waals surface area (Å²) in [6.45, 7) is 29.3. The molecule has 86 heavy (non-hydrogen) atoms. The summed E-state index contributed by atoms with van der Waals surface area (Å²) < 4.78 is 0. The Labute approximate surface area is 515 Å². The molecule has 0 spiro atoms. The van der Waals surface area contributed by atoms with E-state index in [0.29, 0.717) is 11.1 Å². The fraction of sp³-hybridized carbons (Fsp3) is 0.179. The average molecular weight is 1180 g/mol. The molecule has 8 aromatic rings. The van der Waals surface area contributed by atoms with Gasteiger partial charge in [-0.15, -0.1) is 0 Å². The smallest absolute Gasteiger partial charge is 0.0992 e. The van der Waals surface area contributed by atoms with Crippen LogP contribution in [0.2, 0.25) is 78.6 Å². The number of allylic oxidation sites excluding steroid dienone is 10. The van der Waals surface area contributed by atoms with Crippen LogP contribution in [0.4, 0.5) is 22.7 Å². The van der Waals surface area contributed by atoms with Crippen molar-refractivity contribution in [2.24, 2.45) is 5.92 Å². The SMILES string of the molecule is C[Si](C)(C)c1ccccc1-c1ccc(N(C2=C3C=CC4=C5C(=CC=C(C=C2)C35)C(N(c2cccc(C#N)c2)c2ccc(-c3ccccc3[Si](C)(C)C)cc2-c2ccccc2[Si](C)(C)C)C=C4)c2cccc(C#N)c2)c(-c2ccccc2[Si](C)(C)C)c1. The van der Waals surface area contributed by atoms with Gasteiger partial charge in [0.1, 0.15) is 0 Å². The van der Waals surface area contributed by atoms with Crippen molar-refractivity contribution in [2.45, 2.75) is 84.6 Å². The Morgan fingerprint density at radius 2 is 0.860 bits per heavy atom. The lowest BCUT2D eigenvalue weighted by atomic mass is 9.67. The maximum absolute atomic E-state index is 10.6. The van der Waals surface area contributed by atoms with E-state index in [2.05, 4.69) is 307 Å². The van der Waals surface area contributed by atoms with Crippen molar-refractivity contribution in [1.29, 1.82) is 10.5 Å². The molecule has 4 aliphatic rings. The second kappa shape index (κ2) is 22.3. The van der Waals surface area contributed by atoms with Crippen molar-refractivity contribution in [3.05, 3.63) is 275 Å². The highest BCUT2D eigenvalue weighted by molar-refractivity contribution is 6.91. The highest BCUT2D eigenvalue weighted by Crippen LogP contribution is 2.53. The van der Waals surface area contributed by atoms with E-state index in [4.69, 9.17) is 0 Å². The molecular weight excluding hydrogens is 1110 g/mol. The van der Waals surface area contributed by atoms with Crippen LogP contribution in [0.25, 0.3) is 44.5 Å². The number of rotatable bonds is 14. The summed E-state index contributed by atoms with van der Waals surface area (Å²) >= 11 is 0. The lowest BCUT2D eigenvalue weighted by molar-refractivity contribution is 0.773. The maximum Gasteiger partial charge on any atom is 0.0992 e. The second-order valence-corrected chi connectivity index (χ2v) is 47.7. The van der Waals surface area contributed by atoms with Crippen LogP contribution in [0.3, 0.4) is 0 Å². The molecule has 0 aliphatic heterocycles. The summed E-state index contributed by atoms with van der Waals surface area (Å²) in [5.41, 5.74) is 22.3. The van der Waals surface area contributed by atoms with Gasteiger partial charge in [0.15, 0.2) is 0 Å². The van der Waals surface area contributed by atoms with Gasteiger partial charge in [0, 0.05) is 34.1 Å². The van der Waals surface area contributed by atoms with Crippen molar-refractivity contribution < 1.29 is 0 Å². The molecule has 0 heterocycles. The van der Waals surface area contributed by atoms with Gasteiger partial charge < -0.3 is 9.80 Å². The van der Waals surface area contributed by atoms with Gasteiger partial charge in [-0.25, -0.2) is 0 Å². The molecule has 4 aliphatic carbocycles. The number of anilines is 4. The first-order valence-electron chi connectivity index (χ1n) is 30.3. The van der Waals surface area contributed by atoms with Crippen LogP contribution in [0.1, 0.15) is 11.1 Å². The van der Waals surface area contributed by atoms with Crippen LogP contribution in [0.15, 0.2) is 264 Å². The minimum Gasteiger partial charge on any atom is -0.330 e. The number of hydrogen-bond donors (Lipinski definition) is 0. The molecular formula is C78H76N4Si4. The highest BCUT2D eigenvalue weighted by Gasteiger charge is 2.41. The molecule has 0 aromatic heterocycles. The Hall–Kier alpha value is -8.61. The third kappa shape index (κ3) is 10.7. The molecule has 12 rings (SSSR count). The van der Waals surface area contributed by atoms with E-state index < -0.39 is 32.3 Å². The van der Waals surface area contributed by atoms with Gasteiger partial charge in [0.05, 0.1) is 73.0 Å². The number of benzene rings is 8. The van der Waals surface area contributed by atoms with Crippen LogP contribution in [-0.2, 0) is 0 Å². The first kappa shape index (κ1) is 57.8. The van der Waals surface area contributed by atoms with Crippen LogP contribution < -0.4 is 30.5 Å². The predicted molar refractivity (Wildman–Crippen MR) is 378 cm³/mol. The first-order valence-corrected chi connectivity index (χ1v) is 44.3. The van der Waals surface area contributed by atoms with Crippen molar-refractivity contribution in [3.63, 3.8) is 0 Å². The van der Waals surface area contributed by atoms with Crippen molar-refractivity contribution in [2.75, 3.05) is 9.80 Å². The molecule has 4 nitrogen and oxygen atoms in total. The van der Waals surface area contributed by atoms with Crippen molar-refractivity contribution in [1.82, 2.24) is 0 Å². The Kier molecular flexibility index (Phi) is 15.0. The zero-order valence-corrected chi connectivity index (χ0v) is 55.9. The molecule has 0 amide bonds. The van der Waals surface area contributed by atoms with E-state index in [1.54, 1.807) is 0 Å². The lowest BCUT2D eigenvalue weighted by Crippen LogP contribution is -2.40. The fourth-order valence-corrected chi connectivity index (χ4v) is 20.1. The van der Waals surface area contributed by atoms with Gasteiger partial charge in [0.25, 0.3) is 0 Å². The average Bonchev–Trinajstić information content (AvgIpc) is 0.966. The van der Waals surface area contributed by atoms with Gasteiger partial charge in [-0.1, -0.05) is 263 Å².